The highest BCUT2D eigenvalue weighted by Gasteiger charge is 2.36. The van der Waals surface area contributed by atoms with E-state index in [4.69, 9.17) is 9.47 Å². The molecule has 0 aliphatic carbocycles. The van der Waals surface area contributed by atoms with Gasteiger partial charge in [0.15, 0.2) is 6.10 Å². The Morgan fingerprint density at radius 1 is 1.00 bits per heavy atom. The highest BCUT2D eigenvalue weighted by atomic mass is 16.6. The standard InChI is InChI=1S/C18H18O5/c1-22-18(21)16(23-12-13-8-4-2-5-9-13)15(17(19)20)14-10-6-3-7-11-14/h2-11,15-16H,12H2,1H3,(H,19,20)/t15-,16-/m0/s1. The molecule has 120 valence electrons. The number of carboxylic acids is 1. The highest BCUT2D eigenvalue weighted by molar-refractivity contribution is 5.86. The van der Waals surface area contributed by atoms with Gasteiger partial charge >= 0.3 is 11.9 Å². The van der Waals surface area contributed by atoms with Crippen LogP contribution in [0.4, 0.5) is 0 Å². The fourth-order valence-electron chi connectivity index (χ4n) is 2.28. The number of benzene rings is 2. The van der Waals surface area contributed by atoms with E-state index in [0.717, 1.165) is 5.56 Å². The molecule has 1 N–H and O–H groups in total. The summed E-state index contributed by atoms with van der Waals surface area (Å²) in [6.07, 6.45) is -1.22. The molecule has 23 heavy (non-hydrogen) atoms. The third-order valence-corrected chi connectivity index (χ3v) is 3.43. The van der Waals surface area contributed by atoms with Gasteiger partial charge in [-0.05, 0) is 11.1 Å². The number of aliphatic carboxylic acids is 1. The highest BCUT2D eigenvalue weighted by Crippen LogP contribution is 2.24. The molecule has 0 fully saturated rings. The van der Waals surface area contributed by atoms with Crippen molar-refractivity contribution in [2.45, 2.75) is 18.6 Å². The molecule has 2 rings (SSSR count). The van der Waals surface area contributed by atoms with E-state index < -0.39 is 24.0 Å². The topological polar surface area (TPSA) is 72.8 Å². The molecule has 5 nitrogen and oxygen atoms in total. The number of hydrogen-bond donors (Lipinski definition) is 1. The van der Waals surface area contributed by atoms with Crippen molar-refractivity contribution in [2.75, 3.05) is 7.11 Å². The summed E-state index contributed by atoms with van der Waals surface area (Å²) in [5.74, 6) is -2.98. The molecule has 0 aliphatic heterocycles. The van der Waals surface area contributed by atoms with Crippen LogP contribution in [0.25, 0.3) is 0 Å². The van der Waals surface area contributed by atoms with Crippen LogP contribution in [0, 0.1) is 0 Å². The maximum absolute atomic E-state index is 12.0. The summed E-state index contributed by atoms with van der Waals surface area (Å²) >= 11 is 0. The van der Waals surface area contributed by atoms with Gasteiger partial charge in [-0.2, -0.15) is 0 Å². The molecule has 0 aliphatic rings. The normalized spacial score (nSPS) is 13.1. The Labute approximate surface area is 134 Å². The summed E-state index contributed by atoms with van der Waals surface area (Å²) in [5.41, 5.74) is 1.34. The average Bonchev–Trinajstić information content (AvgIpc) is 2.59. The molecular formula is C18H18O5. The summed E-state index contributed by atoms with van der Waals surface area (Å²) in [6.45, 7) is 0.122. The zero-order valence-corrected chi connectivity index (χ0v) is 12.7. The lowest BCUT2D eigenvalue weighted by Gasteiger charge is -2.22. The minimum absolute atomic E-state index is 0.122. The molecule has 0 heterocycles. The second-order valence-corrected chi connectivity index (χ2v) is 4.97. The molecular weight excluding hydrogens is 296 g/mol. The molecule has 0 spiro atoms. The molecule has 0 saturated carbocycles. The number of methoxy groups -OCH3 is 1. The van der Waals surface area contributed by atoms with E-state index in [0.29, 0.717) is 5.56 Å². The Morgan fingerprint density at radius 2 is 1.57 bits per heavy atom. The fourth-order valence-corrected chi connectivity index (χ4v) is 2.28. The zero-order chi connectivity index (χ0) is 16.7. The molecule has 2 aromatic carbocycles. The fraction of sp³-hybridized carbons (Fsp3) is 0.222. The van der Waals surface area contributed by atoms with Crippen LogP contribution in [-0.2, 0) is 25.7 Å². The number of esters is 1. The van der Waals surface area contributed by atoms with Crippen LogP contribution in [0.1, 0.15) is 17.0 Å². The molecule has 2 atom stereocenters. The summed E-state index contributed by atoms with van der Waals surface area (Å²) in [7, 11) is 1.21. The largest absolute Gasteiger partial charge is 0.481 e. The molecule has 5 heteroatoms. The van der Waals surface area contributed by atoms with Crippen molar-refractivity contribution in [2.24, 2.45) is 0 Å². The Balaban J connectivity index is 2.24. The van der Waals surface area contributed by atoms with Crippen LogP contribution in [0.2, 0.25) is 0 Å². The predicted octanol–water partition coefficient (Wildman–Crippen LogP) is 2.61. The first-order valence-electron chi connectivity index (χ1n) is 7.14. The Bertz CT molecular complexity index is 639. The summed E-state index contributed by atoms with van der Waals surface area (Å²) in [5, 5.41) is 9.55. The lowest BCUT2D eigenvalue weighted by molar-refractivity contribution is -0.163. The number of carboxylic acid groups (broad SMARTS) is 1. The third kappa shape index (κ3) is 4.40. The molecule has 2 aromatic rings. The summed E-state index contributed by atoms with van der Waals surface area (Å²) in [4.78, 5) is 23.7. The molecule has 0 amide bonds. The van der Waals surface area contributed by atoms with Crippen molar-refractivity contribution in [1.29, 1.82) is 0 Å². The van der Waals surface area contributed by atoms with Crippen molar-refractivity contribution in [3.63, 3.8) is 0 Å². The van der Waals surface area contributed by atoms with Gasteiger partial charge in [0.25, 0.3) is 0 Å². The van der Waals surface area contributed by atoms with E-state index in [9.17, 15) is 14.7 Å². The lowest BCUT2D eigenvalue weighted by Crippen LogP contribution is -2.36. The Hall–Kier alpha value is -2.66. The van der Waals surface area contributed by atoms with Gasteiger partial charge in [-0.15, -0.1) is 0 Å². The van der Waals surface area contributed by atoms with E-state index in [1.54, 1.807) is 30.3 Å². The number of ether oxygens (including phenoxy) is 2. The van der Waals surface area contributed by atoms with Crippen molar-refractivity contribution >= 4 is 11.9 Å². The minimum Gasteiger partial charge on any atom is -0.481 e. The lowest BCUT2D eigenvalue weighted by atomic mass is 9.93. The van der Waals surface area contributed by atoms with Gasteiger partial charge in [0, 0.05) is 0 Å². The number of hydrogen-bond acceptors (Lipinski definition) is 4. The third-order valence-electron chi connectivity index (χ3n) is 3.43. The van der Waals surface area contributed by atoms with Crippen LogP contribution in [0.15, 0.2) is 60.7 Å². The van der Waals surface area contributed by atoms with Gasteiger partial charge in [-0.3, -0.25) is 4.79 Å². The van der Waals surface area contributed by atoms with Crippen LogP contribution in [-0.4, -0.2) is 30.3 Å². The molecule has 0 radical (unpaired) electrons. The van der Waals surface area contributed by atoms with Crippen LogP contribution < -0.4 is 0 Å². The first-order valence-corrected chi connectivity index (χ1v) is 7.14. The minimum atomic E-state index is -1.22. The van der Waals surface area contributed by atoms with Crippen molar-refractivity contribution in [3.8, 4) is 0 Å². The predicted molar refractivity (Wildman–Crippen MR) is 83.9 cm³/mol. The van der Waals surface area contributed by atoms with Gasteiger partial charge in [-0.25, -0.2) is 4.79 Å². The number of carbonyl (C=O) groups is 2. The van der Waals surface area contributed by atoms with E-state index >= 15 is 0 Å². The SMILES string of the molecule is COC(=O)[C@@H](OCc1ccccc1)[C@@H](C(=O)O)c1ccccc1. The van der Waals surface area contributed by atoms with Gasteiger partial charge in [0.2, 0.25) is 0 Å². The second-order valence-electron chi connectivity index (χ2n) is 4.97. The van der Waals surface area contributed by atoms with Crippen LogP contribution in [0.3, 0.4) is 0 Å². The maximum atomic E-state index is 12.0. The van der Waals surface area contributed by atoms with Crippen LogP contribution in [0.5, 0.6) is 0 Å². The quantitative estimate of drug-likeness (QED) is 0.795. The number of carbonyl (C=O) groups excluding carboxylic acids is 1. The van der Waals surface area contributed by atoms with E-state index in [1.165, 1.54) is 7.11 Å². The molecule has 0 bridgehead atoms. The summed E-state index contributed by atoms with van der Waals surface area (Å²) in [6, 6.07) is 17.8. The molecule has 0 aromatic heterocycles. The zero-order valence-electron chi connectivity index (χ0n) is 12.7. The molecule has 0 saturated heterocycles. The van der Waals surface area contributed by atoms with Gasteiger partial charge in [-0.1, -0.05) is 60.7 Å². The van der Waals surface area contributed by atoms with E-state index in [1.807, 2.05) is 30.3 Å². The van der Waals surface area contributed by atoms with Gasteiger partial charge in [0.1, 0.15) is 5.92 Å². The smallest absolute Gasteiger partial charge is 0.336 e. The Kier molecular flexibility index (Phi) is 5.88. The van der Waals surface area contributed by atoms with Crippen LogP contribution >= 0.6 is 0 Å². The van der Waals surface area contributed by atoms with E-state index in [2.05, 4.69) is 0 Å². The van der Waals surface area contributed by atoms with E-state index in [-0.39, 0.29) is 6.61 Å². The number of rotatable bonds is 7. The van der Waals surface area contributed by atoms with Crippen molar-refractivity contribution in [1.82, 2.24) is 0 Å². The molecule has 0 unspecified atom stereocenters. The van der Waals surface area contributed by atoms with Crippen molar-refractivity contribution < 1.29 is 24.2 Å². The first-order chi connectivity index (χ1) is 11.1. The second kappa shape index (κ2) is 8.10. The first kappa shape index (κ1) is 16.7. The summed E-state index contributed by atoms with van der Waals surface area (Å²) < 4.78 is 10.3. The van der Waals surface area contributed by atoms with Gasteiger partial charge < -0.3 is 14.6 Å². The van der Waals surface area contributed by atoms with Crippen molar-refractivity contribution in [3.05, 3.63) is 71.8 Å². The maximum Gasteiger partial charge on any atom is 0.336 e. The average molecular weight is 314 g/mol. The monoisotopic (exact) mass is 314 g/mol. The Morgan fingerprint density at radius 3 is 2.09 bits per heavy atom. The van der Waals surface area contributed by atoms with Gasteiger partial charge in [0.05, 0.1) is 13.7 Å².